The van der Waals surface area contributed by atoms with Gasteiger partial charge in [0.15, 0.2) is 5.82 Å². The molecule has 162 valence electrons. The van der Waals surface area contributed by atoms with E-state index in [4.69, 9.17) is 21.4 Å². The fourth-order valence-electron chi connectivity index (χ4n) is 3.64. The molecule has 2 heterocycles. The summed E-state index contributed by atoms with van der Waals surface area (Å²) >= 11 is 5.92. The van der Waals surface area contributed by atoms with Crippen molar-refractivity contribution in [1.29, 1.82) is 0 Å². The highest BCUT2D eigenvalue weighted by atomic mass is 35.5. The van der Waals surface area contributed by atoms with Gasteiger partial charge in [0.25, 0.3) is 0 Å². The molecule has 0 aliphatic carbocycles. The fourth-order valence-corrected chi connectivity index (χ4v) is 3.76. The fraction of sp³-hybridized carbons (Fsp3) is 0.333. The number of hydrogen-bond donors (Lipinski definition) is 1. The Hall–Kier alpha value is -2.83. The van der Waals surface area contributed by atoms with Gasteiger partial charge in [-0.05, 0) is 36.6 Å². The minimum absolute atomic E-state index is 0.0551. The lowest BCUT2D eigenvalue weighted by Crippen LogP contribution is -2.37. The minimum atomic E-state index is -0.0551. The number of aryl methyl sites for hydroxylation is 1. The van der Waals surface area contributed by atoms with Crippen LogP contribution < -0.4 is 10.2 Å². The second kappa shape index (κ2) is 9.98. The summed E-state index contributed by atoms with van der Waals surface area (Å²) in [5, 5.41) is 8.46. The number of anilines is 1. The van der Waals surface area contributed by atoms with Gasteiger partial charge in [0, 0.05) is 36.4 Å². The van der Waals surface area contributed by atoms with Crippen molar-refractivity contribution in [1.82, 2.24) is 15.1 Å². The van der Waals surface area contributed by atoms with E-state index in [1.807, 2.05) is 30.5 Å². The molecule has 0 bridgehead atoms. The van der Waals surface area contributed by atoms with Gasteiger partial charge >= 0.3 is 0 Å². The van der Waals surface area contributed by atoms with Crippen molar-refractivity contribution in [2.45, 2.75) is 19.9 Å². The molecular formula is C24H27ClN4O2. The van der Waals surface area contributed by atoms with Gasteiger partial charge in [-0.2, -0.15) is 5.10 Å². The van der Waals surface area contributed by atoms with Crippen molar-refractivity contribution in [2.75, 3.05) is 37.7 Å². The topological polar surface area (TPSA) is 59.4 Å². The highest BCUT2D eigenvalue weighted by Gasteiger charge is 2.20. The number of halogens is 1. The predicted molar refractivity (Wildman–Crippen MR) is 124 cm³/mol. The summed E-state index contributed by atoms with van der Waals surface area (Å²) in [6.45, 7) is 5.79. The molecular weight excluding hydrogens is 412 g/mol. The van der Waals surface area contributed by atoms with E-state index >= 15 is 0 Å². The molecule has 0 radical (unpaired) electrons. The lowest BCUT2D eigenvalue weighted by atomic mass is 10.1. The lowest BCUT2D eigenvalue weighted by Gasteiger charge is -2.27. The van der Waals surface area contributed by atoms with E-state index < -0.39 is 0 Å². The Balaban J connectivity index is 1.44. The summed E-state index contributed by atoms with van der Waals surface area (Å²) in [6, 6.07) is 16.1. The Morgan fingerprint density at radius 1 is 1.10 bits per heavy atom. The summed E-state index contributed by atoms with van der Waals surface area (Å²) in [4.78, 5) is 14.7. The van der Waals surface area contributed by atoms with Gasteiger partial charge in [-0.1, -0.05) is 53.6 Å². The first-order chi connectivity index (χ1) is 15.1. The molecule has 1 aromatic heterocycles. The molecule has 1 aliphatic heterocycles. The van der Waals surface area contributed by atoms with E-state index in [1.165, 1.54) is 5.56 Å². The number of hydrogen-bond acceptors (Lipinski definition) is 4. The van der Waals surface area contributed by atoms with E-state index in [0.717, 1.165) is 42.0 Å². The Kier molecular flexibility index (Phi) is 6.89. The number of nitrogens with one attached hydrogen (secondary N) is 1. The average molecular weight is 439 g/mol. The number of aromatic nitrogens is 2. The van der Waals surface area contributed by atoms with Crippen LogP contribution in [0.3, 0.4) is 0 Å². The highest BCUT2D eigenvalue weighted by Crippen LogP contribution is 2.30. The second-order valence-electron chi connectivity index (χ2n) is 7.76. The molecule has 31 heavy (non-hydrogen) atoms. The number of benzene rings is 2. The number of ether oxygens (including phenoxy) is 1. The summed E-state index contributed by atoms with van der Waals surface area (Å²) < 4.78 is 7.23. The zero-order valence-electron chi connectivity index (χ0n) is 17.7. The van der Waals surface area contributed by atoms with Crippen molar-refractivity contribution in [3.05, 3.63) is 70.9 Å². The van der Waals surface area contributed by atoms with Crippen LogP contribution in [-0.4, -0.2) is 48.5 Å². The average Bonchev–Trinajstić information content (AvgIpc) is 3.20. The first-order valence-corrected chi connectivity index (χ1v) is 10.9. The smallest absolute Gasteiger partial charge is 0.241 e. The molecule has 1 saturated heterocycles. The van der Waals surface area contributed by atoms with Crippen molar-refractivity contribution < 1.29 is 9.53 Å². The lowest BCUT2D eigenvalue weighted by molar-refractivity contribution is -0.121. The Morgan fingerprint density at radius 3 is 2.52 bits per heavy atom. The van der Waals surface area contributed by atoms with E-state index in [9.17, 15) is 4.79 Å². The third-order valence-electron chi connectivity index (χ3n) is 5.37. The number of morpholine rings is 1. The maximum absolute atomic E-state index is 12.5. The number of amides is 1. The minimum Gasteiger partial charge on any atom is -0.378 e. The molecule has 3 aromatic rings. The van der Waals surface area contributed by atoms with Crippen LogP contribution in [0.1, 0.15) is 11.1 Å². The van der Waals surface area contributed by atoms with Gasteiger partial charge in [0.1, 0.15) is 6.54 Å². The van der Waals surface area contributed by atoms with Gasteiger partial charge in [-0.3, -0.25) is 9.48 Å². The predicted octanol–water partition coefficient (Wildman–Crippen LogP) is 3.71. The van der Waals surface area contributed by atoms with Crippen molar-refractivity contribution in [3.63, 3.8) is 0 Å². The third kappa shape index (κ3) is 5.66. The van der Waals surface area contributed by atoms with Crippen molar-refractivity contribution in [2.24, 2.45) is 0 Å². The Bertz CT molecular complexity index is 1010. The monoisotopic (exact) mass is 438 g/mol. The molecule has 0 atom stereocenters. The largest absolute Gasteiger partial charge is 0.378 e. The van der Waals surface area contributed by atoms with Crippen LogP contribution in [-0.2, 0) is 22.5 Å². The number of nitrogens with zero attached hydrogens (tertiary/aromatic N) is 3. The van der Waals surface area contributed by atoms with Crippen LogP contribution in [0.25, 0.3) is 11.1 Å². The molecule has 1 fully saturated rings. The molecule has 0 saturated carbocycles. The first-order valence-electron chi connectivity index (χ1n) is 10.6. The van der Waals surface area contributed by atoms with Crippen LogP contribution in [0.2, 0.25) is 5.02 Å². The van der Waals surface area contributed by atoms with Crippen LogP contribution in [0, 0.1) is 6.92 Å². The van der Waals surface area contributed by atoms with E-state index in [1.54, 1.807) is 4.68 Å². The SMILES string of the molecule is Cc1ccc(-c2cn(CC(=O)NCCc3ccc(Cl)cc3)nc2N2CCOCC2)cc1. The molecule has 7 heteroatoms. The van der Waals surface area contributed by atoms with E-state index in [2.05, 4.69) is 41.4 Å². The number of carbonyl (C=O) groups excluding carboxylic acids is 1. The zero-order chi connectivity index (χ0) is 21.6. The molecule has 1 amide bonds. The summed E-state index contributed by atoms with van der Waals surface area (Å²) in [7, 11) is 0. The van der Waals surface area contributed by atoms with Gasteiger partial charge in [-0.25, -0.2) is 0 Å². The van der Waals surface area contributed by atoms with Gasteiger partial charge in [0.05, 0.1) is 13.2 Å². The summed E-state index contributed by atoms with van der Waals surface area (Å²) in [6.07, 6.45) is 2.73. The molecule has 0 unspecified atom stereocenters. The first kappa shape index (κ1) is 21.4. The molecule has 6 nitrogen and oxygen atoms in total. The molecule has 1 N–H and O–H groups in total. The van der Waals surface area contributed by atoms with Crippen molar-refractivity contribution in [3.8, 4) is 11.1 Å². The Morgan fingerprint density at radius 2 is 1.81 bits per heavy atom. The van der Waals surface area contributed by atoms with Gasteiger partial charge < -0.3 is 15.0 Å². The maximum Gasteiger partial charge on any atom is 0.241 e. The van der Waals surface area contributed by atoms with Crippen LogP contribution >= 0.6 is 11.6 Å². The normalized spacial score (nSPS) is 13.9. The third-order valence-corrected chi connectivity index (χ3v) is 5.62. The standard InChI is InChI=1S/C24H27ClN4O2/c1-18-2-6-20(7-3-18)22-16-29(27-24(22)28-12-14-31-15-13-28)17-23(30)26-11-10-19-4-8-21(25)9-5-19/h2-9,16H,10-15,17H2,1H3,(H,26,30). The number of carbonyl (C=O) groups is 1. The number of rotatable bonds is 7. The molecule has 1 aliphatic rings. The second-order valence-corrected chi connectivity index (χ2v) is 8.19. The highest BCUT2D eigenvalue weighted by molar-refractivity contribution is 6.30. The summed E-state index contributed by atoms with van der Waals surface area (Å²) in [5.41, 5.74) is 4.49. The quantitative estimate of drug-likeness (QED) is 0.611. The Labute approximate surface area is 187 Å². The molecule has 2 aromatic carbocycles. The van der Waals surface area contributed by atoms with Crippen LogP contribution in [0.15, 0.2) is 54.7 Å². The zero-order valence-corrected chi connectivity index (χ0v) is 18.4. The van der Waals surface area contributed by atoms with Gasteiger partial charge in [-0.15, -0.1) is 0 Å². The van der Waals surface area contributed by atoms with Gasteiger partial charge in [0.2, 0.25) is 5.91 Å². The molecule has 0 spiro atoms. The van der Waals surface area contributed by atoms with Crippen LogP contribution in [0.5, 0.6) is 0 Å². The van der Waals surface area contributed by atoms with Crippen molar-refractivity contribution >= 4 is 23.3 Å². The van der Waals surface area contributed by atoms with Crippen LogP contribution in [0.4, 0.5) is 5.82 Å². The van der Waals surface area contributed by atoms with E-state index in [0.29, 0.717) is 24.8 Å². The van der Waals surface area contributed by atoms with E-state index in [-0.39, 0.29) is 12.5 Å². The summed E-state index contributed by atoms with van der Waals surface area (Å²) in [5.74, 6) is 0.849. The maximum atomic E-state index is 12.5. The molecule has 4 rings (SSSR count).